The van der Waals surface area contributed by atoms with Gasteiger partial charge in [-0.15, -0.1) is 0 Å². The number of nitrogens with one attached hydrogen (secondary N) is 1. The second kappa shape index (κ2) is 7.77. The predicted molar refractivity (Wildman–Crippen MR) is 80.8 cm³/mol. The second-order valence-electron chi connectivity index (χ2n) is 5.40. The van der Waals surface area contributed by atoms with Crippen molar-refractivity contribution < 1.29 is 9.53 Å². The number of hydrogen-bond acceptors (Lipinski definition) is 4. The van der Waals surface area contributed by atoms with E-state index in [0.29, 0.717) is 23.6 Å². The van der Waals surface area contributed by atoms with Crippen molar-refractivity contribution in [2.75, 3.05) is 38.7 Å². The molecular formula is C16H21N3O2. The van der Waals surface area contributed by atoms with E-state index in [1.54, 1.807) is 31.4 Å². The summed E-state index contributed by atoms with van der Waals surface area (Å²) >= 11 is 0. The largest absolute Gasteiger partial charge is 0.384 e. The van der Waals surface area contributed by atoms with Crippen LogP contribution in [-0.2, 0) is 9.53 Å². The summed E-state index contributed by atoms with van der Waals surface area (Å²) in [5.74, 6) is 0.575. The van der Waals surface area contributed by atoms with E-state index in [1.165, 1.54) is 0 Å². The molecule has 1 fully saturated rings. The molecule has 1 aliphatic rings. The van der Waals surface area contributed by atoms with Gasteiger partial charge in [0.2, 0.25) is 5.91 Å². The standard InChI is InChI=1S/C16H21N3O2/c1-21-12-14-5-7-19(11-14)8-6-16(20)18-15-4-2-3-13(9-15)10-17/h2-4,9,14H,5-8,11-12H2,1H3,(H,18,20). The molecule has 1 amide bonds. The van der Waals surface area contributed by atoms with Gasteiger partial charge in [0.25, 0.3) is 0 Å². The molecular weight excluding hydrogens is 266 g/mol. The Morgan fingerprint density at radius 3 is 3.19 bits per heavy atom. The molecule has 1 N–H and O–H groups in total. The number of methoxy groups -OCH3 is 1. The lowest BCUT2D eigenvalue weighted by atomic mass is 10.1. The molecule has 0 aromatic heterocycles. The summed E-state index contributed by atoms with van der Waals surface area (Å²) in [6.07, 6.45) is 1.61. The zero-order valence-electron chi connectivity index (χ0n) is 12.3. The van der Waals surface area contributed by atoms with Gasteiger partial charge in [-0.3, -0.25) is 4.79 Å². The summed E-state index contributed by atoms with van der Waals surface area (Å²) in [7, 11) is 1.73. The van der Waals surface area contributed by atoms with E-state index >= 15 is 0 Å². The molecule has 5 nitrogen and oxygen atoms in total. The number of benzene rings is 1. The van der Waals surface area contributed by atoms with Gasteiger partial charge in [0, 0.05) is 32.3 Å². The molecule has 1 aromatic carbocycles. The van der Waals surface area contributed by atoms with Crippen LogP contribution >= 0.6 is 0 Å². The Balaban J connectivity index is 1.74. The van der Waals surface area contributed by atoms with Crippen molar-refractivity contribution in [3.63, 3.8) is 0 Å². The molecule has 1 aromatic rings. The fourth-order valence-electron chi connectivity index (χ4n) is 2.64. The summed E-state index contributed by atoms with van der Waals surface area (Å²) in [6, 6.07) is 9.03. The molecule has 1 unspecified atom stereocenters. The number of anilines is 1. The molecule has 0 saturated carbocycles. The number of carbonyl (C=O) groups is 1. The molecule has 5 heteroatoms. The van der Waals surface area contributed by atoms with Gasteiger partial charge >= 0.3 is 0 Å². The summed E-state index contributed by atoms with van der Waals surface area (Å²) in [4.78, 5) is 14.2. The minimum Gasteiger partial charge on any atom is -0.384 e. The SMILES string of the molecule is COCC1CCN(CCC(=O)Nc2cccc(C#N)c2)C1. The maximum absolute atomic E-state index is 11.9. The monoisotopic (exact) mass is 287 g/mol. The Morgan fingerprint density at radius 2 is 2.43 bits per heavy atom. The summed E-state index contributed by atoms with van der Waals surface area (Å²) in [6.45, 7) is 3.60. The average Bonchev–Trinajstić information content (AvgIpc) is 2.93. The zero-order chi connectivity index (χ0) is 15.1. The molecule has 0 radical (unpaired) electrons. The van der Waals surface area contributed by atoms with Crippen LogP contribution in [0.15, 0.2) is 24.3 Å². The lowest BCUT2D eigenvalue weighted by Crippen LogP contribution is -2.26. The molecule has 0 aliphatic carbocycles. The van der Waals surface area contributed by atoms with Crippen LogP contribution in [0.3, 0.4) is 0 Å². The first-order valence-corrected chi connectivity index (χ1v) is 7.22. The summed E-state index contributed by atoms with van der Waals surface area (Å²) in [5, 5.41) is 11.7. The van der Waals surface area contributed by atoms with Crippen molar-refractivity contribution in [2.45, 2.75) is 12.8 Å². The van der Waals surface area contributed by atoms with Crippen LogP contribution in [0.2, 0.25) is 0 Å². The number of hydrogen-bond donors (Lipinski definition) is 1. The highest BCUT2D eigenvalue weighted by molar-refractivity contribution is 5.90. The first kappa shape index (κ1) is 15.5. The summed E-state index contributed by atoms with van der Waals surface area (Å²) in [5.41, 5.74) is 1.23. The van der Waals surface area contributed by atoms with Gasteiger partial charge in [0.15, 0.2) is 0 Å². The third kappa shape index (κ3) is 4.85. The molecule has 1 saturated heterocycles. The van der Waals surface area contributed by atoms with Gasteiger partial charge in [0.1, 0.15) is 0 Å². The van der Waals surface area contributed by atoms with Gasteiger partial charge in [0.05, 0.1) is 18.2 Å². The molecule has 0 bridgehead atoms. The van der Waals surface area contributed by atoms with E-state index in [2.05, 4.69) is 16.3 Å². The highest BCUT2D eigenvalue weighted by atomic mass is 16.5. The Morgan fingerprint density at radius 1 is 1.57 bits per heavy atom. The quantitative estimate of drug-likeness (QED) is 0.867. The predicted octanol–water partition coefficient (Wildman–Crippen LogP) is 1.86. The maximum atomic E-state index is 11.9. The lowest BCUT2D eigenvalue weighted by Gasteiger charge is -2.15. The minimum absolute atomic E-state index is 0.0136. The number of carbonyl (C=O) groups excluding carboxylic acids is 1. The fraction of sp³-hybridized carbons (Fsp3) is 0.500. The zero-order valence-corrected chi connectivity index (χ0v) is 12.3. The van der Waals surface area contributed by atoms with E-state index in [9.17, 15) is 4.79 Å². The Labute approximate surface area is 125 Å². The van der Waals surface area contributed by atoms with Gasteiger partial charge in [-0.2, -0.15) is 5.26 Å². The highest BCUT2D eigenvalue weighted by Crippen LogP contribution is 2.16. The molecule has 1 aliphatic heterocycles. The third-order valence-corrected chi connectivity index (χ3v) is 3.70. The van der Waals surface area contributed by atoms with Crippen LogP contribution in [0, 0.1) is 17.2 Å². The van der Waals surface area contributed by atoms with Crippen LogP contribution in [0.25, 0.3) is 0 Å². The molecule has 2 rings (SSSR count). The number of nitrogens with zero attached hydrogens (tertiary/aromatic N) is 2. The number of ether oxygens (including phenoxy) is 1. The van der Waals surface area contributed by atoms with Gasteiger partial charge in [-0.1, -0.05) is 6.07 Å². The second-order valence-corrected chi connectivity index (χ2v) is 5.40. The molecule has 1 atom stereocenters. The van der Waals surface area contributed by atoms with Crippen LogP contribution in [0.5, 0.6) is 0 Å². The normalized spacial score (nSPS) is 18.4. The van der Waals surface area contributed by atoms with Gasteiger partial charge in [-0.05, 0) is 37.1 Å². The van der Waals surface area contributed by atoms with E-state index in [-0.39, 0.29) is 5.91 Å². The third-order valence-electron chi connectivity index (χ3n) is 3.70. The van der Waals surface area contributed by atoms with Crippen LogP contribution in [0.4, 0.5) is 5.69 Å². The molecule has 1 heterocycles. The Bertz CT molecular complexity index is 524. The maximum Gasteiger partial charge on any atom is 0.225 e. The topological polar surface area (TPSA) is 65.4 Å². The Kier molecular flexibility index (Phi) is 5.73. The number of likely N-dealkylation sites (tertiary alicyclic amines) is 1. The molecule has 0 spiro atoms. The number of amides is 1. The first-order valence-electron chi connectivity index (χ1n) is 7.22. The van der Waals surface area contributed by atoms with E-state index in [1.807, 2.05) is 0 Å². The first-order chi connectivity index (χ1) is 10.2. The lowest BCUT2D eigenvalue weighted by molar-refractivity contribution is -0.116. The van der Waals surface area contributed by atoms with Crippen molar-refractivity contribution in [1.82, 2.24) is 4.90 Å². The smallest absolute Gasteiger partial charge is 0.225 e. The highest BCUT2D eigenvalue weighted by Gasteiger charge is 2.22. The average molecular weight is 287 g/mol. The van der Waals surface area contributed by atoms with Crippen molar-refractivity contribution >= 4 is 11.6 Å². The molecule has 112 valence electrons. The van der Waals surface area contributed by atoms with E-state index in [0.717, 1.165) is 32.7 Å². The molecule has 21 heavy (non-hydrogen) atoms. The van der Waals surface area contributed by atoms with Crippen LogP contribution < -0.4 is 5.32 Å². The van der Waals surface area contributed by atoms with Gasteiger partial charge in [-0.25, -0.2) is 0 Å². The van der Waals surface area contributed by atoms with Gasteiger partial charge < -0.3 is 15.0 Å². The number of nitriles is 1. The van der Waals surface area contributed by atoms with Crippen molar-refractivity contribution in [3.8, 4) is 6.07 Å². The van der Waals surface area contributed by atoms with Crippen molar-refractivity contribution in [3.05, 3.63) is 29.8 Å². The van der Waals surface area contributed by atoms with Crippen LogP contribution in [0.1, 0.15) is 18.4 Å². The van der Waals surface area contributed by atoms with E-state index < -0.39 is 0 Å². The number of rotatable bonds is 6. The van der Waals surface area contributed by atoms with Crippen LogP contribution in [-0.4, -0.2) is 44.2 Å². The van der Waals surface area contributed by atoms with E-state index in [4.69, 9.17) is 10.00 Å². The van der Waals surface area contributed by atoms with Crippen molar-refractivity contribution in [1.29, 1.82) is 5.26 Å². The van der Waals surface area contributed by atoms with Crippen molar-refractivity contribution in [2.24, 2.45) is 5.92 Å². The minimum atomic E-state index is -0.0136. The Hall–Kier alpha value is -1.90. The fourth-order valence-corrected chi connectivity index (χ4v) is 2.64. The summed E-state index contributed by atoms with van der Waals surface area (Å²) < 4.78 is 5.17.